The van der Waals surface area contributed by atoms with E-state index in [1.165, 1.54) is 6.21 Å². The number of ether oxygens (including phenoxy) is 2. The van der Waals surface area contributed by atoms with Gasteiger partial charge >= 0.3 is 12.1 Å². The third kappa shape index (κ3) is 7.49. The molecule has 0 aliphatic rings. The molecule has 5 heteroatoms. The van der Waals surface area contributed by atoms with Gasteiger partial charge in [-0.2, -0.15) is 4.99 Å². The van der Waals surface area contributed by atoms with Gasteiger partial charge in [-0.25, -0.2) is 4.79 Å². The topological polar surface area (TPSA) is 65.0 Å². The predicted molar refractivity (Wildman–Crippen MR) is 65.1 cm³/mol. The number of esters is 1. The Bertz CT molecular complexity index is 291. The molecule has 5 nitrogen and oxygen atoms in total. The first-order valence-electron chi connectivity index (χ1n) is 5.74. The Balaban J connectivity index is 4.37. The van der Waals surface area contributed by atoms with E-state index in [4.69, 9.17) is 9.47 Å². The fraction of sp³-hybridized carbons (Fsp3) is 0.750. The van der Waals surface area contributed by atoms with Gasteiger partial charge in [-0.05, 0) is 34.1 Å². The first-order chi connectivity index (χ1) is 7.80. The summed E-state index contributed by atoms with van der Waals surface area (Å²) in [5, 5.41) is 0. The molecule has 0 heterocycles. The van der Waals surface area contributed by atoms with Crippen molar-refractivity contribution < 1.29 is 19.1 Å². The van der Waals surface area contributed by atoms with Crippen LogP contribution in [0.2, 0.25) is 0 Å². The van der Waals surface area contributed by atoms with Gasteiger partial charge in [0, 0.05) is 6.21 Å². The van der Waals surface area contributed by atoms with Crippen molar-refractivity contribution >= 4 is 18.3 Å². The average molecular weight is 243 g/mol. The summed E-state index contributed by atoms with van der Waals surface area (Å²) in [6.07, 6.45) is 1.12. The molecule has 0 rings (SSSR count). The lowest BCUT2D eigenvalue weighted by molar-refractivity contribution is -0.145. The van der Waals surface area contributed by atoms with Crippen LogP contribution >= 0.6 is 0 Å². The van der Waals surface area contributed by atoms with E-state index in [0.717, 1.165) is 0 Å². The smallest absolute Gasteiger partial charge is 0.433 e. The number of hydrogen-bond acceptors (Lipinski definition) is 4. The number of hydrogen-bond donors (Lipinski definition) is 0. The normalized spacial score (nSPS) is 13.5. The molecule has 98 valence electrons. The zero-order valence-electron chi connectivity index (χ0n) is 11.1. The molecule has 0 fully saturated rings. The van der Waals surface area contributed by atoms with Crippen LogP contribution in [-0.4, -0.2) is 30.5 Å². The van der Waals surface area contributed by atoms with Crippen LogP contribution in [-0.2, 0) is 14.3 Å². The van der Waals surface area contributed by atoms with Crippen LogP contribution in [0.1, 0.15) is 41.0 Å². The van der Waals surface area contributed by atoms with Crippen LogP contribution in [0, 0.1) is 5.92 Å². The molecule has 0 saturated heterocycles. The van der Waals surface area contributed by atoms with Crippen LogP contribution in [0.25, 0.3) is 0 Å². The van der Waals surface area contributed by atoms with Crippen LogP contribution < -0.4 is 0 Å². The maximum Gasteiger partial charge on any atom is 0.433 e. The number of amides is 1. The first-order valence-corrected chi connectivity index (χ1v) is 5.74. The van der Waals surface area contributed by atoms with E-state index in [1.54, 1.807) is 27.7 Å². The van der Waals surface area contributed by atoms with E-state index < -0.39 is 17.6 Å². The van der Waals surface area contributed by atoms with Crippen molar-refractivity contribution in [3.05, 3.63) is 0 Å². The van der Waals surface area contributed by atoms with Crippen LogP contribution in [0.5, 0.6) is 0 Å². The second-order valence-electron chi connectivity index (χ2n) is 4.53. The van der Waals surface area contributed by atoms with Gasteiger partial charge in [0.05, 0.1) is 12.5 Å². The molecule has 1 amide bonds. The summed E-state index contributed by atoms with van der Waals surface area (Å²) in [5.41, 5.74) is -0.583. The molecule has 0 aromatic heterocycles. The largest absolute Gasteiger partial charge is 0.465 e. The van der Waals surface area contributed by atoms with E-state index in [2.05, 4.69) is 4.99 Å². The number of nitrogens with zero attached hydrogens (tertiary/aromatic N) is 1. The second-order valence-corrected chi connectivity index (χ2v) is 4.53. The molecule has 0 aliphatic carbocycles. The van der Waals surface area contributed by atoms with Crippen molar-refractivity contribution in [2.75, 3.05) is 6.61 Å². The average Bonchev–Trinajstić information content (AvgIpc) is 2.16. The number of rotatable bonds is 4. The Kier molecular flexibility index (Phi) is 6.46. The summed E-state index contributed by atoms with van der Waals surface area (Å²) in [6.45, 7) is 9.13. The highest BCUT2D eigenvalue weighted by Crippen LogP contribution is 2.08. The highest BCUT2D eigenvalue weighted by molar-refractivity contribution is 5.93. The second kappa shape index (κ2) is 7.04. The van der Waals surface area contributed by atoms with E-state index in [1.807, 2.05) is 6.92 Å². The quantitative estimate of drug-likeness (QED) is 0.562. The van der Waals surface area contributed by atoms with E-state index >= 15 is 0 Å². The molecular weight excluding hydrogens is 222 g/mol. The zero-order chi connectivity index (χ0) is 13.5. The third-order valence-electron chi connectivity index (χ3n) is 1.78. The summed E-state index contributed by atoms with van der Waals surface area (Å²) in [5.74, 6) is -0.871. The Morgan fingerprint density at radius 2 is 1.88 bits per heavy atom. The molecule has 0 aliphatic heterocycles. The fourth-order valence-corrected chi connectivity index (χ4v) is 1.02. The Morgan fingerprint density at radius 1 is 1.29 bits per heavy atom. The van der Waals surface area contributed by atoms with Crippen LogP contribution in [0.3, 0.4) is 0 Å². The fourth-order valence-electron chi connectivity index (χ4n) is 1.02. The zero-order valence-corrected chi connectivity index (χ0v) is 11.1. The first kappa shape index (κ1) is 15.6. The van der Waals surface area contributed by atoms with Crippen molar-refractivity contribution in [2.24, 2.45) is 10.9 Å². The minimum Gasteiger partial charge on any atom is -0.465 e. The van der Waals surface area contributed by atoms with Gasteiger partial charge in [0.2, 0.25) is 0 Å². The van der Waals surface area contributed by atoms with Gasteiger partial charge in [0.1, 0.15) is 5.60 Å². The molecule has 1 unspecified atom stereocenters. The molecule has 0 bridgehead atoms. The highest BCUT2D eigenvalue weighted by atomic mass is 16.6. The van der Waals surface area contributed by atoms with Crippen molar-refractivity contribution in [3.8, 4) is 0 Å². The Morgan fingerprint density at radius 3 is 2.29 bits per heavy atom. The maximum atomic E-state index is 11.4. The van der Waals surface area contributed by atoms with Gasteiger partial charge in [0.15, 0.2) is 0 Å². The predicted octanol–water partition coefficient (Wildman–Crippen LogP) is 2.58. The van der Waals surface area contributed by atoms with E-state index in [-0.39, 0.29) is 5.97 Å². The number of carbonyl (C=O) groups is 2. The molecule has 0 saturated carbocycles. The lowest BCUT2D eigenvalue weighted by atomic mass is 10.1. The Hall–Kier alpha value is -1.39. The summed E-state index contributed by atoms with van der Waals surface area (Å²) in [6, 6.07) is 0. The molecule has 17 heavy (non-hydrogen) atoms. The summed E-state index contributed by atoms with van der Waals surface area (Å²) >= 11 is 0. The standard InChI is InChI=1S/C12H21NO4/c1-6-9(10(14)16-7-2)8-13-11(15)17-12(3,4)5/h8-9H,6-7H2,1-5H3. The summed E-state index contributed by atoms with van der Waals surface area (Å²) in [7, 11) is 0. The van der Waals surface area contributed by atoms with Crippen molar-refractivity contribution in [1.29, 1.82) is 0 Å². The number of carbonyl (C=O) groups excluding carboxylic acids is 2. The lowest BCUT2D eigenvalue weighted by Crippen LogP contribution is -2.23. The monoisotopic (exact) mass is 243 g/mol. The molecular formula is C12H21NO4. The van der Waals surface area contributed by atoms with Gasteiger partial charge < -0.3 is 9.47 Å². The van der Waals surface area contributed by atoms with Gasteiger partial charge in [-0.3, -0.25) is 4.79 Å². The van der Waals surface area contributed by atoms with Gasteiger partial charge in [-0.1, -0.05) is 6.92 Å². The molecule has 1 atom stereocenters. The van der Waals surface area contributed by atoms with Crippen LogP contribution in [0.4, 0.5) is 4.79 Å². The van der Waals surface area contributed by atoms with Gasteiger partial charge in [-0.15, -0.1) is 0 Å². The molecule has 0 aromatic carbocycles. The molecule has 0 radical (unpaired) electrons. The Labute approximate surface area is 102 Å². The molecule has 0 aromatic rings. The van der Waals surface area contributed by atoms with Crippen molar-refractivity contribution in [1.82, 2.24) is 0 Å². The van der Waals surface area contributed by atoms with E-state index in [9.17, 15) is 9.59 Å². The van der Waals surface area contributed by atoms with Gasteiger partial charge in [0.25, 0.3) is 0 Å². The van der Waals surface area contributed by atoms with Crippen molar-refractivity contribution in [3.63, 3.8) is 0 Å². The van der Waals surface area contributed by atoms with Crippen LogP contribution in [0.15, 0.2) is 4.99 Å². The minimum absolute atomic E-state index is 0.315. The maximum absolute atomic E-state index is 11.4. The molecule has 0 N–H and O–H groups in total. The molecule has 0 spiro atoms. The SMILES string of the molecule is CCOC(=O)C(C=NC(=O)OC(C)(C)C)CC. The summed E-state index contributed by atoms with van der Waals surface area (Å²) in [4.78, 5) is 26.3. The van der Waals surface area contributed by atoms with E-state index in [0.29, 0.717) is 13.0 Å². The summed E-state index contributed by atoms with van der Waals surface area (Å²) < 4.78 is 9.83. The number of aliphatic imine (C=N–C) groups is 1. The lowest BCUT2D eigenvalue weighted by Gasteiger charge is -2.17. The third-order valence-corrected chi connectivity index (χ3v) is 1.78. The highest BCUT2D eigenvalue weighted by Gasteiger charge is 2.18. The van der Waals surface area contributed by atoms with Crippen molar-refractivity contribution in [2.45, 2.75) is 46.6 Å². The minimum atomic E-state index is -0.694.